The molecule has 1 aliphatic rings. The zero-order chi connectivity index (χ0) is 18.6. The maximum Gasteiger partial charge on any atom is 0.276 e. The van der Waals surface area contributed by atoms with Crippen LogP contribution >= 0.6 is 0 Å². The molecule has 1 atom stereocenters. The first-order valence-corrected chi connectivity index (χ1v) is 10.1. The molecule has 26 heavy (non-hydrogen) atoms. The Hall–Kier alpha value is -2.61. The van der Waals surface area contributed by atoms with Crippen LogP contribution < -0.4 is 15.6 Å². The number of rotatable bonds is 5. The Morgan fingerprint density at radius 2 is 1.77 bits per heavy atom. The molecule has 138 valence electrons. The van der Waals surface area contributed by atoms with Gasteiger partial charge in [0.1, 0.15) is 5.75 Å². The molecule has 8 heteroatoms. The number of hydrazine groups is 1. The first kappa shape index (κ1) is 18.2. The van der Waals surface area contributed by atoms with Crippen LogP contribution in [0.5, 0.6) is 5.75 Å². The lowest BCUT2D eigenvalue weighted by Gasteiger charge is -2.11. The molecule has 0 saturated carbocycles. The summed E-state index contributed by atoms with van der Waals surface area (Å²) in [6, 6.07) is 13.3. The molecule has 0 unspecified atom stereocenters. The summed E-state index contributed by atoms with van der Waals surface area (Å²) in [5.74, 6) is -0.389. The summed E-state index contributed by atoms with van der Waals surface area (Å²) in [6.07, 6.45) is 0.555. The van der Waals surface area contributed by atoms with Crippen LogP contribution in [-0.2, 0) is 19.4 Å². The maximum atomic E-state index is 11.8. The van der Waals surface area contributed by atoms with Crippen LogP contribution in [0, 0.1) is 5.92 Å². The molecule has 1 fully saturated rings. The number of ether oxygens (including phenoxy) is 1. The number of benzene rings is 2. The van der Waals surface area contributed by atoms with Gasteiger partial charge in [0.2, 0.25) is 5.91 Å². The van der Waals surface area contributed by atoms with Crippen LogP contribution in [0.3, 0.4) is 0 Å². The molecule has 0 bridgehead atoms. The normalized spacial score (nSPS) is 18.4. The van der Waals surface area contributed by atoms with E-state index in [1.165, 1.54) is 0 Å². The highest BCUT2D eigenvalue weighted by Crippen LogP contribution is 2.21. The fourth-order valence-electron chi connectivity index (χ4n) is 2.93. The highest BCUT2D eigenvalue weighted by molar-refractivity contribution is 7.91. The summed E-state index contributed by atoms with van der Waals surface area (Å²) >= 11 is 0. The van der Waals surface area contributed by atoms with Gasteiger partial charge in [-0.2, -0.15) is 0 Å². The Kier molecular flexibility index (Phi) is 5.41. The average molecular weight is 376 g/mol. The summed E-state index contributed by atoms with van der Waals surface area (Å²) in [5, 5.41) is 2.08. The fourth-order valence-corrected chi connectivity index (χ4v) is 4.79. The van der Waals surface area contributed by atoms with Crippen molar-refractivity contribution in [3.05, 3.63) is 42.5 Å². The number of hydrogen-bond acceptors (Lipinski definition) is 5. The third-order valence-corrected chi connectivity index (χ3v) is 6.07. The smallest absolute Gasteiger partial charge is 0.276 e. The van der Waals surface area contributed by atoms with Crippen LogP contribution in [0.25, 0.3) is 10.8 Å². The lowest BCUT2D eigenvalue weighted by atomic mass is 10.1. The van der Waals surface area contributed by atoms with Crippen LogP contribution in [0.1, 0.15) is 12.8 Å². The van der Waals surface area contributed by atoms with Crippen LogP contribution in [0.15, 0.2) is 42.5 Å². The van der Waals surface area contributed by atoms with Crippen molar-refractivity contribution in [1.29, 1.82) is 0 Å². The van der Waals surface area contributed by atoms with Crippen molar-refractivity contribution < 1.29 is 22.7 Å². The second-order valence-corrected chi connectivity index (χ2v) is 8.60. The summed E-state index contributed by atoms with van der Waals surface area (Å²) in [7, 11) is -3.01. The number of hydrogen-bond donors (Lipinski definition) is 2. The summed E-state index contributed by atoms with van der Waals surface area (Å²) in [5.41, 5.74) is 4.56. The van der Waals surface area contributed by atoms with E-state index in [0.717, 1.165) is 10.8 Å². The zero-order valence-electron chi connectivity index (χ0n) is 14.1. The number of sulfone groups is 1. The molecule has 2 aromatic carbocycles. The van der Waals surface area contributed by atoms with Gasteiger partial charge in [-0.1, -0.05) is 30.3 Å². The van der Waals surface area contributed by atoms with Crippen molar-refractivity contribution in [1.82, 2.24) is 10.9 Å². The van der Waals surface area contributed by atoms with Gasteiger partial charge in [-0.3, -0.25) is 20.4 Å². The van der Waals surface area contributed by atoms with Crippen molar-refractivity contribution in [3.8, 4) is 5.75 Å². The van der Waals surface area contributed by atoms with Crippen molar-refractivity contribution in [2.75, 3.05) is 18.1 Å². The third kappa shape index (κ3) is 4.95. The molecular weight excluding hydrogens is 356 g/mol. The molecule has 1 saturated heterocycles. The molecule has 0 radical (unpaired) electrons. The number of carbonyl (C=O) groups excluding carboxylic acids is 2. The van der Waals surface area contributed by atoms with Gasteiger partial charge in [0.15, 0.2) is 16.4 Å². The van der Waals surface area contributed by atoms with Gasteiger partial charge in [-0.15, -0.1) is 0 Å². The SMILES string of the molecule is O=C(COc1ccc2ccccc2c1)NNC(=O)C[C@H]1CCS(=O)(=O)C1. The molecule has 0 aromatic heterocycles. The monoisotopic (exact) mass is 376 g/mol. The van der Waals surface area contributed by atoms with Crippen molar-refractivity contribution in [3.63, 3.8) is 0 Å². The van der Waals surface area contributed by atoms with E-state index >= 15 is 0 Å². The number of amides is 2. The number of carbonyl (C=O) groups is 2. The van der Waals surface area contributed by atoms with Gasteiger partial charge < -0.3 is 4.74 Å². The zero-order valence-corrected chi connectivity index (χ0v) is 14.9. The van der Waals surface area contributed by atoms with Gasteiger partial charge >= 0.3 is 0 Å². The minimum absolute atomic E-state index is 0.0272. The first-order valence-electron chi connectivity index (χ1n) is 8.31. The van der Waals surface area contributed by atoms with E-state index in [-0.39, 0.29) is 30.5 Å². The predicted octanol–water partition coefficient (Wildman–Crippen LogP) is 1.19. The Bertz CT molecular complexity index is 926. The van der Waals surface area contributed by atoms with Gasteiger partial charge in [0.05, 0.1) is 11.5 Å². The van der Waals surface area contributed by atoms with Crippen LogP contribution in [-0.4, -0.2) is 38.3 Å². The predicted molar refractivity (Wildman–Crippen MR) is 97.1 cm³/mol. The van der Waals surface area contributed by atoms with Gasteiger partial charge in [0, 0.05) is 6.42 Å². The number of nitrogens with one attached hydrogen (secondary N) is 2. The minimum atomic E-state index is -3.01. The first-order chi connectivity index (χ1) is 12.4. The second kappa shape index (κ2) is 7.74. The molecule has 2 aromatic rings. The molecule has 0 spiro atoms. The lowest BCUT2D eigenvalue weighted by Crippen LogP contribution is -2.44. The van der Waals surface area contributed by atoms with E-state index in [2.05, 4.69) is 10.9 Å². The highest BCUT2D eigenvalue weighted by Gasteiger charge is 2.29. The van der Waals surface area contributed by atoms with E-state index in [9.17, 15) is 18.0 Å². The maximum absolute atomic E-state index is 11.8. The van der Waals surface area contributed by atoms with Crippen molar-refractivity contribution in [2.24, 2.45) is 5.92 Å². The molecule has 2 amide bonds. The molecule has 7 nitrogen and oxygen atoms in total. The van der Waals surface area contributed by atoms with E-state index in [1.54, 1.807) is 6.07 Å². The summed E-state index contributed by atoms with van der Waals surface area (Å²) in [4.78, 5) is 23.6. The van der Waals surface area contributed by atoms with Crippen molar-refractivity contribution >= 4 is 32.4 Å². The molecular formula is C18H20N2O5S. The molecule has 1 aliphatic heterocycles. The largest absolute Gasteiger partial charge is 0.484 e. The minimum Gasteiger partial charge on any atom is -0.484 e. The van der Waals surface area contributed by atoms with Crippen molar-refractivity contribution in [2.45, 2.75) is 12.8 Å². The standard InChI is InChI=1S/C18H20N2O5S/c21-17(9-13-7-8-26(23,24)12-13)19-20-18(22)11-25-16-6-5-14-3-1-2-4-15(14)10-16/h1-6,10,13H,7-9,11-12H2,(H,19,21)(H,20,22)/t13-/m1/s1. The van der Waals surface area contributed by atoms with Crippen LogP contribution in [0.2, 0.25) is 0 Å². The average Bonchev–Trinajstić information content (AvgIpc) is 2.96. The molecule has 0 aliphatic carbocycles. The molecule has 1 heterocycles. The molecule has 2 N–H and O–H groups in total. The van der Waals surface area contributed by atoms with E-state index in [4.69, 9.17) is 4.74 Å². The van der Waals surface area contributed by atoms with Gasteiger partial charge in [-0.05, 0) is 35.2 Å². The second-order valence-electron chi connectivity index (χ2n) is 6.37. The third-order valence-electron chi connectivity index (χ3n) is 4.23. The Morgan fingerprint density at radius 3 is 2.50 bits per heavy atom. The quantitative estimate of drug-likeness (QED) is 0.764. The van der Waals surface area contributed by atoms with E-state index in [1.807, 2.05) is 36.4 Å². The Labute approximate surface area is 151 Å². The number of fused-ring (bicyclic) bond motifs is 1. The van der Waals surface area contributed by atoms with Crippen LogP contribution in [0.4, 0.5) is 0 Å². The molecule has 3 rings (SSSR count). The van der Waals surface area contributed by atoms with Gasteiger partial charge in [-0.25, -0.2) is 8.42 Å². The Balaban J connectivity index is 1.41. The summed E-state index contributed by atoms with van der Waals surface area (Å²) < 4.78 is 28.2. The highest BCUT2D eigenvalue weighted by atomic mass is 32.2. The lowest BCUT2D eigenvalue weighted by molar-refractivity contribution is -0.130. The fraction of sp³-hybridized carbons (Fsp3) is 0.333. The van der Waals surface area contributed by atoms with E-state index < -0.39 is 21.7 Å². The van der Waals surface area contributed by atoms with Gasteiger partial charge in [0.25, 0.3) is 5.91 Å². The Morgan fingerprint density at radius 1 is 1.04 bits per heavy atom. The van der Waals surface area contributed by atoms with E-state index in [0.29, 0.717) is 12.2 Å². The summed E-state index contributed by atoms with van der Waals surface area (Å²) in [6.45, 7) is -0.240. The topological polar surface area (TPSA) is 102 Å².